The molecule has 0 unspecified atom stereocenters. The molecule has 3 N–H and O–H groups in total. The van der Waals surface area contributed by atoms with E-state index in [-0.39, 0.29) is 46.5 Å². The number of nitrogens with zero attached hydrogens (tertiary/aromatic N) is 3. The number of carboxylic acids is 1. The predicted molar refractivity (Wildman–Crippen MR) is 122 cm³/mol. The Bertz CT molecular complexity index is 919. The minimum Gasteiger partial charge on any atom is -0.477 e. The Balaban J connectivity index is 1.74. The molecule has 6 atom stereocenters. The van der Waals surface area contributed by atoms with Crippen molar-refractivity contribution < 1.29 is 29.1 Å². The largest absolute Gasteiger partial charge is 0.477 e. The number of carbonyl (C=O) groups is 4. The van der Waals surface area contributed by atoms with Crippen LogP contribution in [0.5, 0.6) is 0 Å². The van der Waals surface area contributed by atoms with Crippen LogP contribution in [0.15, 0.2) is 15.8 Å². The molecule has 2 fully saturated rings. The first-order valence-corrected chi connectivity index (χ1v) is 11.7. The standard InChI is InChI=1S/C21H31N5O6S/c1-9-15-14(10(2)23-18(27)11(3)24-32-6)20(29)26(15)16(21(30)31)17(9)33-12-7-13(22-8-12)19(28)25(4)5/h9-10,12-15,22H,7-8H2,1-6H3,(H,23,27)(H,30,31)/b24-11-/t9-,10-,12+,13+,14-,15-/m1/s1. The molecule has 0 aromatic heterocycles. The Morgan fingerprint density at radius 2 is 2.03 bits per heavy atom. The summed E-state index contributed by atoms with van der Waals surface area (Å²) in [5, 5.41) is 19.5. The molecular weight excluding hydrogens is 450 g/mol. The second-order valence-electron chi connectivity index (χ2n) is 8.82. The molecule has 3 aliphatic heterocycles. The van der Waals surface area contributed by atoms with Gasteiger partial charge in [0.25, 0.3) is 5.91 Å². The van der Waals surface area contributed by atoms with Crippen LogP contribution in [0, 0.1) is 11.8 Å². The molecule has 0 bridgehead atoms. The zero-order valence-corrected chi connectivity index (χ0v) is 20.4. The second-order valence-corrected chi connectivity index (χ2v) is 10.2. The Kier molecular flexibility index (Phi) is 7.37. The van der Waals surface area contributed by atoms with Crippen molar-refractivity contribution in [3.63, 3.8) is 0 Å². The maximum absolute atomic E-state index is 13.0. The van der Waals surface area contributed by atoms with Crippen molar-refractivity contribution in [1.82, 2.24) is 20.4 Å². The normalized spacial score (nSPS) is 30.0. The summed E-state index contributed by atoms with van der Waals surface area (Å²) < 4.78 is 0. The van der Waals surface area contributed by atoms with E-state index in [2.05, 4.69) is 20.6 Å². The molecule has 12 heteroatoms. The SMILES string of the molecule is CO/N=C(/C)C(=O)N[C@H](C)[C@H]1C(=O)N2C(C(=O)O)=C(S[C@@H]3CN[C@H](C(=O)N(C)C)C3)[C@H](C)[C@H]12. The van der Waals surface area contributed by atoms with Gasteiger partial charge in [-0.15, -0.1) is 11.8 Å². The number of carbonyl (C=O) groups excluding carboxylic acids is 3. The van der Waals surface area contributed by atoms with Gasteiger partial charge in [0.15, 0.2) is 0 Å². The first kappa shape index (κ1) is 25.0. The van der Waals surface area contributed by atoms with Gasteiger partial charge in [-0.05, 0) is 20.3 Å². The molecule has 0 aromatic carbocycles. The molecule has 11 nitrogen and oxygen atoms in total. The van der Waals surface area contributed by atoms with Crippen LogP contribution in [0.3, 0.4) is 0 Å². The average Bonchev–Trinajstić information content (AvgIpc) is 3.29. The summed E-state index contributed by atoms with van der Waals surface area (Å²) in [6.07, 6.45) is 0.581. The first-order valence-electron chi connectivity index (χ1n) is 10.8. The maximum atomic E-state index is 13.0. The van der Waals surface area contributed by atoms with E-state index in [0.717, 1.165) is 0 Å². The van der Waals surface area contributed by atoms with E-state index in [1.165, 1.54) is 35.6 Å². The van der Waals surface area contributed by atoms with Crippen LogP contribution in [0.25, 0.3) is 0 Å². The van der Waals surface area contributed by atoms with E-state index in [0.29, 0.717) is 17.9 Å². The van der Waals surface area contributed by atoms with Gasteiger partial charge in [0, 0.05) is 42.8 Å². The van der Waals surface area contributed by atoms with Gasteiger partial charge in [-0.2, -0.15) is 0 Å². The lowest BCUT2D eigenvalue weighted by atomic mass is 9.78. The number of oxime groups is 1. The maximum Gasteiger partial charge on any atom is 0.353 e. The van der Waals surface area contributed by atoms with Crippen molar-refractivity contribution in [3.8, 4) is 0 Å². The van der Waals surface area contributed by atoms with Crippen LogP contribution < -0.4 is 10.6 Å². The molecular formula is C21H31N5O6S. The lowest BCUT2D eigenvalue weighted by Crippen LogP contribution is -2.66. The predicted octanol–water partition coefficient (Wildman–Crippen LogP) is -0.162. The van der Waals surface area contributed by atoms with E-state index < -0.39 is 23.8 Å². The highest BCUT2D eigenvalue weighted by molar-refractivity contribution is 8.03. The van der Waals surface area contributed by atoms with Gasteiger partial charge in [-0.1, -0.05) is 12.1 Å². The van der Waals surface area contributed by atoms with Gasteiger partial charge in [0.1, 0.15) is 18.5 Å². The molecule has 2 saturated heterocycles. The average molecular weight is 482 g/mol. The van der Waals surface area contributed by atoms with Crippen LogP contribution in [0.2, 0.25) is 0 Å². The van der Waals surface area contributed by atoms with Crippen LogP contribution in [-0.4, -0.2) is 95.4 Å². The van der Waals surface area contributed by atoms with Gasteiger partial charge in [-0.3, -0.25) is 14.4 Å². The number of hydrogen-bond acceptors (Lipinski definition) is 8. The number of rotatable bonds is 8. The fourth-order valence-electron chi connectivity index (χ4n) is 4.75. The highest BCUT2D eigenvalue weighted by Gasteiger charge is 2.60. The third kappa shape index (κ3) is 4.58. The number of hydrogen-bond donors (Lipinski definition) is 3. The second kappa shape index (κ2) is 9.72. The minimum absolute atomic E-state index is 0.0109. The van der Waals surface area contributed by atoms with Gasteiger partial charge >= 0.3 is 5.97 Å². The summed E-state index contributed by atoms with van der Waals surface area (Å²) in [4.78, 5) is 57.8. The van der Waals surface area contributed by atoms with Crippen LogP contribution in [0.4, 0.5) is 0 Å². The first-order chi connectivity index (χ1) is 15.5. The molecule has 0 aromatic rings. The summed E-state index contributed by atoms with van der Waals surface area (Å²) in [7, 11) is 4.74. The zero-order chi connectivity index (χ0) is 24.6. The monoisotopic (exact) mass is 481 g/mol. The molecule has 0 spiro atoms. The van der Waals surface area contributed by atoms with Crippen molar-refractivity contribution in [2.24, 2.45) is 17.0 Å². The molecule has 3 amide bonds. The third-order valence-corrected chi connectivity index (χ3v) is 7.88. The van der Waals surface area contributed by atoms with Gasteiger partial charge < -0.3 is 30.4 Å². The molecule has 0 radical (unpaired) electrons. The summed E-state index contributed by atoms with van der Waals surface area (Å²) in [5.74, 6) is -2.68. The number of carboxylic acid groups (broad SMARTS) is 1. The molecule has 3 aliphatic rings. The van der Waals surface area contributed by atoms with E-state index in [1.807, 2.05) is 6.92 Å². The van der Waals surface area contributed by atoms with Gasteiger partial charge in [-0.25, -0.2) is 4.79 Å². The zero-order valence-electron chi connectivity index (χ0n) is 19.6. The van der Waals surface area contributed by atoms with Crippen LogP contribution in [0.1, 0.15) is 27.2 Å². The lowest BCUT2D eigenvalue weighted by molar-refractivity contribution is -0.158. The topological polar surface area (TPSA) is 141 Å². The van der Waals surface area contributed by atoms with Crippen molar-refractivity contribution >= 4 is 41.2 Å². The number of aliphatic carboxylic acids is 1. The summed E-state index contributed by atoms with van der Waals surface area (Å²) in [5.41, 5.74) is 0.139. The summed E-state index contributed by atoms with van der Waals surface area (Å²) >= 11 is 1.43. The van der Waals surface area contributed by atoms with E-state index in [4.69, 9.17) is 0 Å². The fraction of sp³-hybridized carbons (Fsp3) is 0.667. The number of likely N-dealkylation sites (N-methyl/N-ethyl adjacent to an activating group) is 1. The van der Waals surface area contributed by atoms with Crippen LogP contribution >= 0.6 is 11.8 Å². The molecule has 0 saturated carbocycles. The van der Waals surface area contributed by atoms with E-state index >= 15 is 0 Å². The van der Waals surface area contributed by atoms with Crippen molar-refractivity contribution in [2.75, 3.05) is 27.7 Å². The van der Waals surface area contributed by atoms with Crippen molar-refractivity contribution in [2.45, 2.75) is 50.6 Å². The molecule has 0 aliphatic carbocycles. The summed E-state index contributed by atoms with van der Waals surface area (Å²) in [6, 6.07) is -1.17. The smallest absolute Gasteiger partial charge is 0.353 e. The summed E-state index contributed by atoms with van der Waals surface area (Å²) in [6.45, 7) is 5.72. The Hall–Kier alpha value is -2.60. The number of thioether (sulfide) groups is 1. The number of nitrogens with one attached hydrogen (secondary N) is 2. The quantitative estimate of drug-likeness (QED) is 0.247. The third-order valence-electron chi connectivity index (χ3n) is 6.37. The van der Waals surface area contributed by atoms with Gasteiger partial charge in [0.2, 0.25) is 11.8 Å². The van der Waals surface area contributed by atoms with Crippen LogP contribution in [-0.2, 0) is 24.0 Å². The molecule has 182 valence electrons. The Morgan fingerprint density at radius 3 is 2.61 bits per heavy atom. The molecule has 3 rings (SSSR count). The molecule has 3 heterocycles. The number of amides is 3. The Morgan fingerprint density at radius 1 is 1.36 bits per heavy atom. The molecule has 33 heavy (non-hydrogen) atoms. The van der Waals surface area contributed by atoms with Crippen molar-refractivity contribution in [1.29, 1.82) is 0 Å². The number of β-lactam (4-membered cyclic amide) rings is 1. The fourth-order valence-corrected chi connectivity index (χ4v) is 6.23. The van der Waals surface area contributed by atoms with Gasteiger partial charge in [0.05, 0.1) is 18.0 Å². The highest BCUT2D eigenvalue weighted by Crippen LogP contribution is 2.51. The van der Waals surface area contributed by atoms with E-state index in [1.54, 1.807) is 21.0 Å². The Labute approximate surface area is 196 Å². The van der Waals surface area contributed by atoms with E-state index in [9.17, 15) is 24.3 Å². The highest BCUT2D eigenvalue weighted by atomic mass is 32.2. The van der Waals surface area contributed by atoms with Crippen molar-refractivity contribution in [3.05, 3.63) is 10.6 Å². The lowest BCUT2D eigenvalue weighted by Gasteiger charge is -2.47. The number of fused-ring (bicyclic) bond motifs is 1. The minimum atomic E-state index is -1.15.